The first-order chi connectivity index (χ1) is 15.1. The van der Waals surface area contributed by atoms with E-state index in [-0.39, 0.29) is 30.9 Å². The molecule has 0 saturated carbocycles. The van der Waals surface area contributed by atoms with Crippen LogP contribution in [0.5, 0.6) is 0 Å². The zero-order chi connectivity index (χ0) is 21.6. The van der Waals surface area contributed by atoms with E-state index in [4.69, 9.17) is 4.74 Å². The summed E-state index contributed by atoms with van der Waals surface area (Å²) in [5.74, 6) is -0.153. The van der Waals surface area contributed by atoms with E-state index in [1.165, 1.54) is 0 Å². The van der Waals surface area contributed by atoms with Gasteiger partial charge in [0.15, 0.2) is 0 Å². The van der Waals surface area contributed by atoms with Crippen LogP contribution in [0.15, 0.2) is 53.7 Å². The number of ether oxygens (including phenoxy) is 1. The number of nitrogens with zero attached hydrogens (tertiary/aromatic N) is 5. The van der Waals surface area contributed by atoms with Crippen molar-refractivity contribution in [2.45, 2.75) is 25.7 Å². The Morgan fingerprint density at radius 3 is 2.84 bits per heavy atom. The molecule has 2 amide bonds. The van der Waals surface area contributed by atoms with Crippen molar-refractivity contribution in [3.63, 3.8) is 0 Å². The van der Waals surface area contributed by atoms with Gasteiger partial charge in [0.25, 0.3) is 0 Å². The molecule has 3 aromatic heterocycles. The summed E-state index contributed by atoms with van der Waals surface area (Å²) in [6, 6.07) is 5.75. The van der Waals surface area contributed by atoms with Crippen LogP contribution in [0, 0.1) is 0 Å². The van der Waals surface area contributed by atoms with Crippen molar-refractivity contribution >= 4 is 23.2 Å². The van der Waals surface area contributed by atoms with Crippen LogP contribution >= 0.6 is 11.3 Å². The van der Waals surface area contributed by atoms with Crippen LogP contribution in [0.3, 0.4) is 0 Å². The molecule has 1 aliphatic heterocycles. The van der Waals surface area contributed by atoms with Crippen molar-refractivity contribution in [1.82, 2.24) is 24.6 Å². The van der Waals surface area contributed by atoms with E-state index >= 15 is 0 Å². The molecule has 3 aromatic rings. The Balaban J connectivity index is 1.48. The lowest BCUT2D eigenvalue weighted by Gasteiger charge is -2.24. The molecule has 4 heterocycles. The quantitative estimate of drug-likeness (QED) is 0.562. The summed E-state index contributed by atoms with van der Waals surface area (Å²) < 4.78 is 7.85. The second kappa shape index (κ2) is 9.84. The fourth-order valence-electron chi connectivity index (χ4n) is 3.58. The normalized spacial score (nSPS) is 17.1. The van der Waals surface area contributed by atoms with Crippen LogP contribution in [0.1, 0.15) is 16.7 Å². The Hall–Kier alpha value is -3.04. The predicted octanol–water partition coefficient (Wildman–Crippen LogP) is 1.88. The minimum atomic E-state index is -0.297. The molecule has 1 aliphatic rings. The summed E-state index contributed by atoms with van der Waals surface area (Å²) in [4.78, 5) is 33.4. The maximum Gasteiger partial charge on any atom is 0.242 e. The van der Waals surface area contributed by atoms with Crippen LogP contribution in [-0.4, -0.2) is 62.1 Å². The largest absolute Gasteiger partial charge is 0.370 e. The lowest BCUT2D eigenvalue weighted by molar-refractivity contribution is -0.138. The number of rotatable bonds is 7. The van der Waals surface area contributed by atoms with Gasteiger partial charge in [0.1, 0.15) is 0 Å². The van der Waals surface area contributed by atoms with E-state index < -0.39 is 0 Å². The summed E-state index contributed by atoms with van der Waals surface area (Å²) in [5, 5.41) is 8.10. The minimum absolute atomic E-state index is 0.0516. The van der Waals surface area contributed by atoms with Crippen molar-refractivity contribution in [1.29, 1.82) is 0 Å². The van der Waals surface area contributed by atoms with Gasteiger partial charge in [-0.15, -0.1) is 0 Å². The molecule has 1 saturated heterocycles. The molecule has 0 unspecified atom stereocenters. The minimum Gasteiger partial charge on any atom is -0.370 e. The van der Waals surface area contributed by atoms with Gasteiger partial charge in [-0.05, 0) is 34.0 Å². The monoisotopic (exact) mass is 439 g/mol. The number of aromatic nitrogens is 3. The smallest absolute Gasteiger partial charge is 0.242 e. The Bertz CT molecular complexity index is 1010. The highest BCUT2D eigenvalue weighted by Gasteiger charge is 2.31. The fourth-order valence-corrected chi connectivity index (χ4v) is 4.25. The maximum atomic E-state index is 13.0. The van der Waals surface area contributed by atoms with E-state index in [1.54, 1.807) is 44.4 Å². The maximum absolute atomic E-state index is 13.0. The van der Waals surface area contributed by atoms with Gasteiger partial charge in [0.2, 0.25) is 11.8 Å². The van der Waals surface area contributed by atoms with Crippen LogP contribution in [0.25, 0.3) is 0 Å². The van der Waals surface area contributed by atoms with Crippen molar-refractivity contribution in [2.75, 3.05) is 19.6 Å². The zero-order valence-corrected chi connectivity index (χ0v) is 18.2. The highest BCUT2D eigenvalue weighted by atomic mass is 32.1. The van der Waals surface area contributed by atoms with Crippen LogP contribution in [0.2, 0.25) is 0 Å². The predicted molar refractivity (Wildman–Crippen MR) is 116 cm³/mol. The van der Waals surface area contributed by atoms with Gasteiger partial charge in [-0.2, -0.15) is 16.4 Å². The van der Waals surface area contributed by atoms with Crippen LogP contribution in [-0.2, 0) is 40.9 Å². The molecule has 0 N–H and O–H groups in total. The molecule has 0 aliphatic carbocycles. The number of thiophene rings is 1. The summed E-state index contributed by atoms with van der Waals surface area (Å²) in [6.07, 6.45) is 7.11. The van der Waals surface area contributed by atoms with Crippen LogP contribution < -0.4 is 0 Å². The second-order valence-electron chi connectivity index (χ2n) is 7.67. The molecule has 162 valence electrons. The first-order valence-corrected chi connectivity index (χ1v) is 11.1. The highest BCUT2D eigenvalue weighted by molar-refractivity contribution is 7.08. The first kappa shape index (κ1) is 21.2. The number of carbonyl (C=O) groups excluding carboxylic acids is 2. The third kappa shape index (κ3) is 5.77. The molecule has 9 heteroatoms. The molecule has 0 radical (unpaired) electrons. The number of hydrogen-bond donors (Lipinski definition) is 0. The number of pyridine rings is 1. The lowest BCUT2D eigenvalue weighted by atomic mass is 10.2. The zero-order valence-electron chi connectivity index (χ0n) is 17.4. The average molecular weight is 440 g/mol. The molecule has 1 atom stereocenters. The second-order valence-corrected chi connectivity index (χ2v) is 8.45. The van der Waals surface area contributed by atoms with Crippen LogP contribution in [0.4, 0.5) is 0 Å². The molecule has 0 spiro atoms. The molecule has 31 heavy (non-hydrogen) atoms. The molecule has 0 bridgehead atoms. The molecule has 1 fully saturated rings. The molecule has 8 nitrogen and oxygen atoms in total. The van der Waals surface area contributed by atoms with Gasteiger partial charge in [-0.25, -0.2) is 0 Å². The summed E-state index contributed by atoms with van der Waals surface area (Å²) in [5.41, 5.74) is 2.86. The van der Waals surface area contributed by atoms with Gasteiger partial charge in [-0.3, -0.25) is 19.3 Å². The Morgan fingerprint density at radius 2 is 2.13 bits per heavy atom. The number of amides is 2. The summed E-state index contributed by atoms with van der Waals surface area (Å²) >= 11 is 1.56. The lowest BCUT2D eigenvalue weighted by Crippen LogP contribution is -2.40. The van der Waals surface area contributed by atoms with Gasteiger partial charge in [0.05, 0.1) is 31.9 Å². The Kier molecular flexibility index (Phi) is 6.73. The van der Waals surface area contributed by atoms with Gasteiger partial charge < -0.3 is 14.5 Å². The van der Waals surface area contributed by atoms with Gasteiger partial charge >= 0.3 is 0 Å². The summed E-state index contributed by atoms with van der Waals surface area (Å²) in [6.45, 7) is 1.65. The van der Waals surface area contributed by atoms with E-state index in [9.17, 15) is 9.59 Å². The van der Waals surface area contributed by atoms with Crippen molar-refractivity contribution in [3.8, 4) is 0 Å². The van der Waals surface area contributed by atoms with Gasteiger partial charge in [-0.1, -0.05) is 6.07 Å². The number of hydrogen-bond acceptors (Lipinski definition) is 6. The standard InChI is InChI=1S/C22H25N5O3S/c1-25-10-19(9-24-25)11-26-12-20(30-15-18-3-2-5-23-8-18)13-27(14-22(26)29)21(28)7-17-4-6-31-16-17/h2-6,8-10,16,20H,7,11-15H2,1H3/t20-/m0/s1. The molecular formula is C22H25N5O3S. The number of aryl methyl sites for hydroxylation is 1. The first-order valence-electron chi connectivity index (χ1n) is 10.1. The Labute approximate surface area is 185 Å². The highest BCUT2D eigenvalue weighted by Crippen LogP contribution is 2.16. The van der Waals surface area contributed by atoms with E-state index in [0.717, 1.165) is 16.7 Å². The van der Waals surface area contributed by atoms with Crippen molar-refractivity contribution in [2.24, 2.45) is 7.05 Å². The van der Waals surface area contributed by atoms with Crippen molar-refractivity contribution in [3.05, 3.63) is 70.4 Å². The number of carbonyl (C=O) groups is 2. The summed E-state index contributed by atoms with van der Waals surface area (Å²) in [7, 11) is 1.85. The third-order valence-electron chi connectivity index (χ3n) is 5.16. The van der Waals surface area contributed by atoms with E-state index in [0.29, 0.717) is 26.2 Å². The molecule has 4 rings (SSSR count). The Morgan fingerprint density at radius 1 is 1.23 bits per heavy atom. The van der Waals surface area contributed by atoms with Gasteiger partial charge in [0, 0.05) is 50.8 Å². The SMILES string of the molecule is Cn1cc(CN2C[C@H](OCc3cccnc3)CN(C(=O)Cc3ccsc3)CC2=O)cn1. The average Bonchev–Trinajstić information content (AvgIpc) is 3.39. The molecule has 0 aromatic carbocycles. The topological polar surface area (TPSA) is 80.6 Å². The third-order valence-corrected chi connectivity index (χ3v) is 5.89. The van der Waals surface area contributed by atoms with Crippen molar-refractivity contribution < 1.29 is 14.3 Å². The molecular weight excluding hydrogens is 414 g/mol. The van der Waals surface area contributed by atoms with E-state index in [1.807, 2.05) is 42.2 Å². The van der Waals surface area contributed by atoms with E-state index in [2.05, 4.69) is 10.1 Å². The fraction of sp³-hybridized carbons (Fsp3) is 0.364.